The van der Waals surface area contributed by atoms with E-state index >= 15 is 0 Å². The molecule has 2 aromatic rings. The van der Waals surface area contributed by atoms with E-state index in [0.29, 0.717) is 37.6 Å². The van der Waals surface area contributed by atoms with Crippen molar-refractivity contribution in [1.82, 2.24) is 9.80 Å². The maximum Gasteiger partial charge on any atom is 0.256 e. The number of hydrogen-bond acceptors (Lipinski definition) is 5. The Morgan fingerprint density at radius 3 is 2.34 bits per heavy atom. The molecule has 2 N–H and O–H groups in total. The molecule has 0 saturated carbocycles. The molecule has 2 fully saturated rings. The molecule has 2 aromatic carbocycles. The Balaban J connectivity index is 1.44. The van der Waals surface area contributed by atoms with Gasteiger partial charge in [-0.1, -0.05) is 12.1 Å². The van der Waals surface area contributed by atoms with E-state index in [1.54, 1.807) is 6.07 Å². The molecule has 2 aliphatic heterocycles. The van der Waals surface area contributed by atoms with Gasteiger partial charge in [-0.05, 0) is 35.9 Å². The molecule has 154 valence electrons. The van der Waals surface area contributed by atoms with Crippen LogP contribution in [0.25, 0.3) is 0 Å². The molecule has 29 heavy (non-hydrogen) atoms. The van der Waals surface area contributed by atoms with Crippen LogP contribution in [-0.2, 0) is 11.3 Å². The summed E-state index contributed by atoms with van der Waals surface area (Å²) < 4.78 is 18.5. The lowest BCUT2D eigenvalue weighted by Crippen LogP contribution is -2.47. The van der Waals surface area contributed by atoms with Gasteiger partial charge < -0.3 is 20.3 Å². The standard InChI is InChI=1S/C22H27FN4O2/c23-18-3-1-17(2-4-18)16-25-7-9-26(10-8-25)21-6-5-19(24)15-20(21)22(28)27-11-13-29-14-12-27/h1-6,15H,7-14,16,24H2. The zero-order valence-corrected chi connectivity index (χ0v) is 16.5. The smallest absolute Gasteiger partial charge is 0.256 e. The second kappa shape index (κ2) is 8.80. The summed E-state index contributed by atoms with van der Waals surface area (Å²) in [5.41, 5.74) is 9.31. The van der Waals surface area contributed by atoms with Gasteiger partial charge in [0.15, 0.2) is 0 Å². The van der Waals surface area contributed by atoms with Crippen molar-refractivity contribution in [2.75, 3.05) is 63.1 Å². The first-order valence-electron chi connectivity index (χ1n) is 10.1. The van der Waals surface area contributed by atoms with Crippen molar-refractivity contribution < 1.29 is 13.9 Å². The van der Waals surface area contributed by atoms with Crippen LogP contribution >= 0.6 is 0 Å². The highest BCUT2D eigenvalue weighted by molar-refractivity contribution is 6.00. The molecule has 0 aromatic heterocycles. The Bertz CT molecular complexity index is 844. The number of nitrogen functional groups attached to an aromatic ring is 1. The van der Waals surface area contributed by atoms with Crippen molar-refractivity contribution in [3.63, 3.8) is 0 Å². The molecule has 0 unspecified atom stereocenters. The summed E-state index contributed by atoms with van der Waals surface area (Å²) >= 11 is 0. The van der Waals surface area contributed by atoms with Gasteiger partial charge in [-0.15, -0.1) is 0 Å². The molecule has 2 aliphatic rings. The highest BCUT2D eigenvalue weighted by Gasteiger charge is 2.25. The first-order valence-corrected chi connectivity index (χ1v) is 10.1. The lowest BCUT2D eigenvalue weighted by atomic mass is 10.1. The van der Waals surface area contributed by atoms with Gasteiger partial charge in [0.2, 0.25) is 0 Å². The Hall–Kier alpha value is -2.64. The molecule has 0 radical (unpaired) electrons. The van der Waals surface area contributed by atoms with Crippen LogP contribution in [0.1, 0.15) is 15.9 Å². The summed E-state index contributed by atoms with van der Waals surface area (Å²) in [6.07, 6.45) is 0. The largest absolute Gasteiger partial charge is 0.399 e. The molecule has 4 rings (SSSR count). The van der Waals surface area contributed by atoms with Gasteiger partial charge in [-0.2, -0.15) is 0 Å². The first kappa shape index (κ1) is 19.7. The van der Waals surface area contributed by atoms with Gasteiger partial charge in [-0.25, -0.2) is 4.39 Å². The SMILES string of the molecule is Nc1ccc(N2CCN(Cc3ccc(F)cc3)CC2)c(C(=O)N2CCOCC2)c1. The number of ether oxygens (including phenoxy) is 1. The van der Waals surface area contributed by atoms with Gasteiger partial charge in [0, 0.05) is 57.2 Å². The average Bonchev–Trinajstić information content (AvgIpc) is 2.76. The number of halogens is 1. The number of hydrogen-bond donors (Lipinski definition) is 1. The van der Waals surface area contributed by atoms with E-state index in [1.165, 1.54) is 12.1 Å². The van der Waals surface area contributed by atoms with Crippen molar-refractivity contribution in [3.8, 4) is 0 Å². The van der Waals surface area contributed by atoms with Crippen LogP contribution in [0, 0.1) is 5.82 Å². The summed E-state index contributed by atoms with van der Waals surface area (Å²) in [6.45, 7) is 6.59. The molecule has 2 heterocycles. The average molecular weight is 398 g/mol. The van der Waals surface area contributed by atoms with Crippen molar-refractivity contribution in [2.45, 2.75) is 6.54 Å². The van der Waals surface area contributed by atoms with Crippen LogP contribution in [0.4, 0.5) is 15.8 Å². The van der Waals surface area contributed by atoms with E-state index in [0.717, 1.165) is 44.0 Å². The molecule has 0 atom stereocenters. The van der Waals surface area contributed by atoms with Crippen LogP contribution in [0.3, 0.4) is 0 Å². The minimum atomic E-state index is -0.209. The monoisotopic (exact) mass is 398 g/mol. The van der Waals surface area contributed by atoms with Gasteiger partial charge in [0.25, 0.3) is 5.91 Å². The Labute approximate surface area is 170 Å². The highest BCUT2D eigenvalue weighted by atomic mass is 19.1. The number of benzene rings is 2. The number of amides is 1. The van der Waals surface area contributed by atoms with Crippen molar-refractivity contribution in [2.24, 2.45) is 0 Å². The molecule has 1 amide bonds. The molecule has 7 heteroatoms. The molecular weight excluding hydrogens is 371 g/mol. The predicted octanol–water partition coefficient (Wildman–Crippen LogP) is 2.20. The van der Waals surface area contributed by atoms with E-state index < -0.39 is 0 Å². The molecule has 0 bridgehead atoms. The zero-order chi connectivity index (χ0) is 20.2. The molecule has 0 aliphatic carbocycles. The van der Waals surface area contributed by atoms with Crippen LogP contribution in [0.2, 0.25) is 0 Å². The van der Waals surface area contributed by atoms with Gasteiger partial charge in [0.05, 0.1) is 18.8 Å². The number of nitrogens with zero attached hydrogens (tertiary/aromatic N) is 3. The maximum absolute atomic E-state index is 13.1. The summed E-state index contributed by atoms with van der Waals surface area (Å²) in [5, 5.41) is 0. The van der Waals surface area contributed by atoms with E-state index in [2.05, 4.69) is 9.80 Å². The Morgan fingerprint density at radius 2 is 1.66 bits per heavy atom. The topological polar surface area (TPSA) is 62.0 Å². The maximum atomic E-state index is 13.1. The minimum absolute atomic E-state index is 0.0179. The third-order valence-corrected chi connectivity index (χ3v) is 5.58. The number of piperazine rings is 1. The van der Waals surface area contributed by atoms with E-state index in [9.17, 15) is 9.18 Å². The summed E-state index contributed by atoms with van der Waals surface area (Å²) in [6, 6.07) is 12.3. The van der Waals surface area contributed by atoms with Crippen LogP contribution in [-0.4, -0.2) is 68.2 Å². The summed E-state index contributed by atoms with van der Waals surface area (Å²) in [5.74, 6) is -0.191. The molecular formula is C22H27FN4O2. The van der Waals surface area contributed by atoms with E-state index in [-0.39, 0.29) is 11.7 Å². The van der Waals surface area contributed by atoms with E-state index in [4.69, 9.17) is 10.5 Å². The van der Waals surface area contributed by atoms with Crippen LogP contribution < -0.4 is 10.6 Å². The fourth-order valence-corrected chi connectivity index (χ4v) is 3.93. The lowest BCUT2D eigenvalue weighted by Gasteiger charge is -2.37. The first-order chi connectivity index (χ1) is 14.1. The summed E-state index contributed by atoms with van der Waals surface area (Å²) in [4.78, 5) is 19.5. The van der Waals surface area contributed by atoms with Crippen molar-refractivity contribution in [1.29, 1.82) is 0 Å². The normalized spacial score (nSPS) is 18.1. The Kier molecular flexibility index (Phi) is 5.97. The fraction of sp³-hybridized carbons (Fsp3) is 0.409. The van der Waals surface area contributed by atoms with Gasteiger partial charge >= 0.3 is 0 Å². The van der Waals surface area contributed by atoms with Crippen LogP contribution in [0.15, 0.2) is 42.5 Å². The number of nitrogens with two attached hydrogens (primary N) is 1. The zero-order valence-electron chi connectivity index (χ0n) is 16.5. The molecule has 2 saturated heterocycles. The number of carbonyl (C=O) groups is 1. The fourth-order valence-electron chi connectivity index (χ4n) is 3.93. The van der Waals surface area contributed by atoms with Crippen molar-refractivity contribution in [3.05, 3.63) is 59.4 Å². The minimum Gasteiger partial charge on any atom is -0.399 e. The quantitative estimate of drug-likeness (QED) is 0.800. The third-order valence-electron chi connectivity index (χ3n) is 5.58. The number of morpholine rings is 1. The van der Waals surface area contributed by atoms with Gasteiger partial charge in [-0.3, -0.25) is 9.69 Å². The highest BCUT2D eigenvalue weighted by Crippen LogP contribution is 2.26. The third kappa shape index (κ3) is 4.68. The lowest BCUT2D eigenvalue weighted by molar-refractivity contribution is 0.0303. The van der Waals surface area contributed by atoms with E-state index in [1.807, 2.05) is 29.2 Å². The van der Waals surface area contributed by atoms with Gasteiger partial charge in [0.1, 0.15) is 5.82 Å². The second-order valence-corrected chi connectivity index (χ2v) is 7.57. The summed E-state index contributed by atoms with van der Waals surface area (Å²) in [7, 11) is 0. The molecule has 6 nitrogen and oxygen atoms in total. The number of rotatable bonds is 4. The predicted molar refractivity (Wildman–Crippen MR) is 111 cm³/mol. The van der Waals surface area contributed by atoms with Crippen molar-refractivity contribution >= 4 is 17.3 Å². The number of carbonyl (C=O) groups excluding carboxylic acids is 1. The Morgan fingerprint density at radius 1 is 0.966 bits per heavy atom. The second-order valence-electron chi connectivity index (χ2n) is 7.57. The number of anilines is 2. The van der Waals surface area contributed by atoms with Crippen LogP contribution in [0.5, 0.6) is 0 Å². The molecule has 0 spiro atoms.